The van der Waals surface area contributed by atoms with E-state index in [1.54, 1.807) is 0 Å². The van der Waals surface area contributed by atoms with Gasteiger partial charge in [0.25, 0.3) is 0 Å². The molecule has 0 bridgehead atoms. The van der Waals surface area contributed by atoms with Gasteiger partial charge in [-0.15, -0.1) is 6.58 Å². The molecule has 0 aromatic rings. The fourth-order valence-corrected chi connectivity index (χ4v) is 4.66. The van der Waals surface area contributed by atoms with E-state index in [-0.39, 0.29) is 0 Å². The van der Waals surface area contributed by atoms with Crippen molar-refractivity contribution in [2.75, 3.05) is 26.4 Å². The molecule has 0 aliphatic heterocycles. The van der Waals surface area contributed by atoms with Crippen molar-refractivity contribution in [1.29, 1.82) is 0 Å². The summed E-state index contributed by atoms with van der Waals surface area (Å²) in [5, 5.41) is 0. The quantitative estimate of drug-likeness (QED) is 0.299. The van der Waals surface area contributed by atoms with Crippen molar-refractivity contribution >= 4 is 0 Å². The Morgan fingerprint density at radius 3 is 1.72 bits per heavy atom. The maximum Gasteiger partial charge on any atom is 0.0644 e. The molecule has 0 aromatic carbocycles. The third kappa shape index (κ3) is 8.73. The van der Waals surface area contributed by atoms with Gasteiger partial charge >= 0.3 is 0 Å². The monoisotopic (exact) mass is 350 g/mol. The highest BCUT2D eigenvalue weighted by Crippen LogP contribution is 2.36. The number of unbranched alkanes of at least 4 members (excludes halogenated alkanes) is 1. The second-order valence-corrected chi connectivity index (χ2v) is 8.61. The fourth-order valence-electron chi connectivity index (χ4n) is 4.66. The van der Waals surface area contributed by atoms with Gasteiger partial charge in [-0.3, -0.25) is 0 Å². The van der Waals surface area contributed by atoms with E-state index in [9.17, 15) is 0 Å². The largest absolute Gasteiger partial charge is 0.381 e. The number of hydrogen-bond acceptors (Lipinski definition) is 2. The Kier molecular flexibility index (Phi) is 10.8. The molecule has 0 aromatic heterocycles. The normalized spacial score (nSPS) is 30.3. The Labute approximate surface area is 156 Å². The Bertz CT molecular complexity index is 325. The van der Waals surface area contributed by atoms with Gasteiger partial charge < -0.3 is 9.47 Å². The summed E-state index contributed by atoms with van der Waals surface area (Å²) in [5.41, 5.74) is 0. The van der Waals surface area contributed by atoms with Crippen molar-refractivity contribution in [3.8, 4) is 0 Å². The van der Waals surface area contributed by atoms with Crippen LogP contribution < -0.4 is 0 Å². The zero-order valence-electron chi connectivity index (χ0n) is 16.7. The molecular weight excluding hydrogens is 308 g/mol. The summed E-state index contributed by atoms with van der Waals surface area (Å²) in [7, 11) is 0. The maximum absolute atomic E-state index is 5.83. The molecule has 2 nitrogen and oxygen atoms in total. The van der Waals surface area contributed by atoms with Crippen LogP contribution in [-0.4, -0.2) is 26.4 Å². The Morgan fingerprint density at radius 2 is 1.24 bits per heavy atom. The van der Waals surface area contributed by atoms with Crippen molar-refractivity contribution in [3.05, 3.63) is 12.7 Å². The Balaban J connectivity index is 1.48. The number of hydrogen-bond donors (Lipinski definition) is 0. The van der Waals surface area contributed by atoms with E-state index in [4.69, 9.17) is 9.47 Å². The summed E-state index contributed by atoms with van der Waals surface area (Å²) < 4.78 is 11.5. The standard InChI is InChI=1S/C23H42O2/c1-3-5-17-25-19-23-14-10-21(11-15-23)7-6-20-8-12-22(13-9-20)18-24-16-4-2/h4,20-23H,2-3,5-19H2,1H3. The second-order valence-electron chi connectivity index (χ2n) is 8.61. The molecule has 0 saturated heterocycles. The van der Waals surface area contributed by atoms with Crippen molar-refractivity contribution < 1.29 is 9.47 Å². The van der Waals surface area contributed by atoms with Crippen molar-refractivity contribution in [1.82, 2.24) is 0 Å². The molecule has 0 radical (unpaired) electrons. The van der Waals surface area contributed by atoms with Gasteiger partial charge in [-0.05, 0) is 55.8 Å². The molecule has 0 N–H and O–H groups in total. The van der Waals surface area contributed by atoms with E-state index in [1.165, 1.54) is 77.0 Å². The van der Waals surface area contributed by atoms with E-state index in [2.05, 4.69) is 13.5 Å². The van der Waals surface area contributed by atoms with Crippen LogP contribution in [0.4, 0.5) is 0 Å². The van der Waals surface area contributed by atoms with Gasteiger partial charge in [0.2, 0.25) is 0 Å². The lowest BCUT2D eigenvalue weighted by Gasteiger charge is -2.32. The summed E-state index contributed by atoms with van der Waals surface area (Å²) in [6, 6.07) is 0. The lowest BCUT2D eigenvalue weighted by molar-refractivity contribution is 0.0731. The van der Waals surface area contributed by atoms with E-state index in [0.29, 0.717) is 6.61 Å². The predicted molar refractivity (Wildman–Crippen MR) is 107 cm³/mol. The molecule has 25 heavy (non-hydrogen) atoms. The fraction of sp³-hybridized carbons (Fsp3) is 0.913. The minimum atomic E-state index is 0.715. The SMILES string of the molecule is C=CCOCC1CCC(CCC2CCC(COCCCC)CC2)CC1. The first kappa shape index (κ1) is 21.0. The molecule has 2 saturated carbocycles. The second kappa shape index (κ2) is 12.9. The molecule has 0 unspecified atom stereocenters. The maximum atomic E-state index is 5.83. The molecule has 0 spiro atoms. The van der Waals surface area contributed by atoms with Gasteiger partial charge in [0.15, 0.2) is 0 Å². The third-order valence-corrected chi connectivity index (χ3v) is 6.50. The first-order valence-electron chi connectivity index (χ1n) is 11.1. The molecule has 0 atom stereocenters. The minimum absolute atomic E-state index is 0.715. The van der Waals surface area contributed by atoms with Crippen LogP contribution in [0.1, 0.15) is 84.0 Å². The Hall–Kier alpha value is -0.340. The van der Waals surface area contributed by atoms with Crippen LogP contribution in [0.3, 0.4) is 0 Å². The lowest BCUT2D eigenvalue weighted by Crippen LogP contribution is -2.21. The van der Waals surface area contributed by atoms with Crippen LogP contribution in [0, 0.1) is 23.7 Å². The summed E-state index contributed by atoms with van der Waals surface area (Å²) in [4.78, 5) is 0. The molecule has 0 amide bonds. The van der Waals surface area contributed by atoms with Gasteiger partial charge in [0.05, 0.1) is 6.61 Å². The molecule has 0 heterocycles. The summed E-state index contributed by atoms with van der Waals surface area (Å²) >= 11 is 0. The van der Waals surface area contributed by atoms with E-state index < -0.39 is 0 Å². The van der Waals surface area contributed by atoms with Crippen LogP contribution in [0.5, 0.6) is 0 Å². The molecule has 2 rings (SSSR count). The van der Waals surface area contributed by atoms with Crippen LogP contribution >= 0.6 is 0 Å². The molecular formula is C23H42O2. The van der Waals surface area contributed by atoms with Crippen LogP contribution in [-0.2, 0) is 9.47 Å². The molecule has 2 aliphatic carbocycles. The van der Waals surface area contributed by atoms with Gasteiger partial charge in [-0.2, -0.15) is 0 Å². The van der Waals surface area contributed by atoms with Gasteiger partial charge in [-0.1, -0.05) is 57.9 Å². The zero-order chi connectivity index (χ0) is 17.7. The average molecular weight is 351 g/mol. The smallest absolute Gasteiger partial charge is 0.0644 e. The highest BCUT2D eigenvalue weighted by Gasteiger charge is 2.24. The topological polar surface area (TPSA) is 18.5 Å². The van der Waals surface area contributed by atoms with Crippen molar-refractivity contribution in [2.45, 2.75) is 84.0 Å². The van der Waals surface area contributed by atoms with E-state index >= 15 is 0 Å². The highest BCUT2D eigenvalue weighted by atomic mass is 16.5. The third-order valence-electron chi connectivity index (χ3n) is 6.50. The van der Waals surface area contributed by atoms with E-state index in [0.717, 1.165) is 43.5 Å². The summed E-state index contributed by atoms with van der Waals surface area (Å²) in [6.07, 6.45) is 18.6. The highest BCUT2D eigenvalue weighted by molar-refractivity contribution is 4.77. The van der Waals surface area contributed by atoms with Gasteiger partial charge in [-0.25, -0.2) is 0 Å². The number of ether oxygens (including phenoxy) is 2. The van der Waals surface area contributed by atoms with Crippen LogP contribution in [0.15, 0.2) is 12.7 Å². The first-order chi connectivity index (χ1) is 12.3. The number of rotatable bonds is 12. The molecule has 2 fully saturated rings. The Morgan fingerprint density at radius 1 is 0.760 bits per heavy atom. The average Bonchev–Trinajstić information content (AvgIpc) is 2.66. The predicted octanol–water partition coefficient (Wildman–Crippen LogP) is 6.40. The van der Waals surface area contributed by atoms with Gasteiger partial charge in [0.1, 0.15) is 0 Å². The van der Waals surface area contributed by atoms with Crippen LogP contribution in [0.25, 0.3) is 0 Å². The zero-order valence-corrected chi connectivity index (χ0v) is 16.7. The van der Waals surface area contributed by atoms with Gasteiger partial charge in [0, 0.05) is 19.8 Å². The summed E-state index contributed by atoms with van der Waals surface area (Å²) in [6.45, 7) is 9.60. The van der Waals surface area contributed by atoms with E-state index in [1.807, 2.05) is 6.08 Å². The lowest BCUT2D eigenvalue weighted by atomic mass is 9.76. The molecule has 146 valence electrons. The van der Waals surface area contributed by atoms with Crippen molar-refractivity contribution in [3.63, 3.8) is 0 Å². The molecule has 2 aliphatic rings. The molecule has 2 heteroatoms. The summed E-state index contributed by atoms with van der Waals surface area (Å²) in [5.74, 6) is 3.64. The van der Waals surface area contributed by atoms with Crippen molar-refractivity contribution in [2.24, 2.45) is 23.7 Å². The van der Waals surface area contributed by atoms with Crippen LogP contribution in [0.2, 0.25) is 0 Å². The minimum Gasteiger partial charge on any atom is -0.381 e. The first-order valence-corrected chi connectivity index (χ1v) is 11.1.